The van der Waals surface area contributed by atoms with E-state index >= 15 is 0 Å². The molecule has 0 aliphatic heterocycles. The Bertz CT molecular complexity index is 301. The summed E-state index contributed by atoms with van der Waals surface area (Å²) < 4.78 is 0. The molecule has 3 aliphatic rings. The van der Waals surface area contributed by atoms with Crippen molar-refractivity contribution in [2.75, 3.05) is 0 Å². The van der Waals surface area contributed by atoms with Crippen molar-refractivity contribution in [3.05, 3.63) is 11.6 Å². The van der Waals surface area contributed by atoms with Crippen LogP contribution in [-0.2, 0) is 4.79 Å². The van der Waals surface area contributed by atoms with Gasteiger partial charge < -0.3 is 5.73 Å². The maximum Gasteiger partial charge on any atom is 0.175 e. The van der Waals surface area contributed by atoms with Crippen molar-refractivity contribution in [1.29, 1.82) is 0 Å². The van der Waals surface area contributed by atoms with Crippen molar-refractivity contribution < 1.29 is 4.79 Å². The Morgan fingerprint density at radius 1 is 1.64 bits per heavy atom. The van der Waals surface area contributed by atoms with Gasteiger partial charge in [-0.1, -0.05) is 19.9 Å². The smallest absolute Gasteiger partial charge is 0.175 e. The Labute approximate surface area is 85.6 Å². The zero-order valence-electron chi connectivity index (χ0n) is 9.21. The molecule has 0 spiro atoms. The average Bonchev–Trinajstić information content (AvgIpc) is 2.16. The van der Waals surface area contributed by atoms with Crippen molar-refractivity contribution in [2.45, 2.75) is 39.7 Å². The van der Waals surface area contributed by atoms with Gasteiger partial charge in [0.25, 0.3) is 0 Å². The molecule has 2 bridgehead atoms. The van der Waals surface area contributed by atoms with Crippen LogP contribution < -0.4 is 5.73 Å². The van der Waals surface area contributed by atoms with E-state index in [0.29, 0.717) is 11.3 Å². The Morgan fingerprint density at radius 2 is 2.29 bits per heavy atom. The van der Waals surface area contributed by atoms with Crippen molar-refractivity contribution in [3.63, 3.8) is 0 Å². The lowest BCUT2D eigenvalue weighted by atomic mass is 9.48. The Kier molecular flexibility index (Phi) is 2.07. The van der Waals surface area contributed by atoms with Gasteiger partial charge in [0, 0.05) is 0 Å². The first-order chi connectivity index (χ1) is 6.44. The molecule has 0 amide bonds. The number of carbonyl (C=O) groups is 1. The third-order valence-corrected chi connectivity index (χ3v) is 4.17. The number of hydrogen-bond donors (Lipinski definition) is 1. The van der Waals surface area contributed by atoms with Crippen LogP contribution in [0.3, 0.4) is 0 Å². The van der Waals surface area contributed by atoms with Gasteiger partial charge in [-0.2, -0.15) is 0 Å². The fourth-order valence-electron chi connectivity index (χ4n) is 2.89. The highest BCUT2D eigenvalue weighted by Crippen LogP contribution is 2.59. The predicted octanol–water partition coefficient (Wildman–Crippen LogP) is 1.90. The molecule has 0 saturated heterocycles. The standard InChI is InChI=1S/C12H19NO/c1-7(13)11(14)9-5-4-8-6-10(9)12(8,2)3/h5,7-8,10H,4,6,13H2,1-3H3. The van der Waals surface area contributed by atoms with E-state index in [-0.39, 0.29) is 11.8 Å². The summed E-state index contributed by atoms with van der Waals surface area (Å²) in [4.78, 5) is 11.8. The zero-order valence-corrected chi connectivity index (χ0v) is 9.21. The maximum atomic E-state index is 11.8. The van der Waals surface area contributed by atoms with Crippen molar-refractivity contribution in [2.24, 2.45) is 23.0 Å². The minimum atomic E-state index is -0.339. The molecule has 0 radical (unpaired) electrons. The Morgan fingerprint density at radius 3 is 2.71 bits per heavy atom. The van der Waals surface area contributed by atoms with E-state index in [1.807, 2.05) is 0 Å². The maximum absolute atomic E-state index is 11.8. The molecule has 1 fully saturated rings. The number of fused-ring (bicyclic) bond motifs is 1. The minimum Gasteiger partial charge on any atom is -0.321 e. The first-order valence-corrected chi connectivity index (χ1v) is 5.44. The molecular weight excluding hydrogens is 174 g/mol. The van der Waals surface area contributed by atoms with Gasteiger partial charge in [0.1, 0.15) is 0 Å². The second-order valence-corrected chi connectivity index (χ2v) is 5.35. The highest BCUT2D eigenvalue weighted by Gasteiger charge is 2.52. The number of ketones is 1. The summed E-state index contributed by atoms with van der Waals surface area (Å²) >= 11 is 0. The van der Waals surface area contributed by atoms with Gasteiger partial charge >= 0.3 is 0 Å². The van der Waals surface area contributed by atoms with E-state index in [4.69, 9.17) is 5.73 Å². The molecule has 0 aromatic carbocycles. The van der Waals surface area contributed by atoms with Crippen LogP contribution >= 0.6 is 0 Å². The van der Waals surface area contributed by atoms with Crippen molar-refractivity contribution in [3.8, 4) is 0 Å². The molecular formula is C12H19NO. The topological polar surface area (TPSA) is 43.1 Å². The summed E-state index contributed by atoms with van der Waals surface area (Å²) in [6.45, 7) is 6.32. The van der Waals surface area contributed by atoms with Crippen LogP contribution in [0.2, 0.25) is 0 Å². The third kappa shape index (κ3) is 1.17. The van der Waals surface area contributed by atoms with Gasteiger partial charge in [-0.05, 0) is 42.6 Å². The third-order valence-electron chi connectivity index (χ3n) is 4.17. The van der Waals surface area contributed by atoms with E-state index in [1.165, 1.54) is 6.42 Å². The van der Waals surface area contributed by atoms with Gasteiger partial charge in [0.05, 0.1) is 6.04 Å². The molecule has 78 valence electrons. The van der Waals surface area contributed by atoms with E-state index < -0.39 is 0 Å². The van der Waals surface area contributed by atoms with Gasteiger partial charge in [-0.25, -0.2) is 0 Å². The number of Topliss-reactive ketones (excluding diaryl/α,β-unsaturated/α-hetero) is 1. The Balaban J connectivity index is 2.23. The van der Waals surface area contributed by atoms with Crippen LogP contribution in [-0.4, -0.2) is 11.8 Å². The predicted molar refractivity (Wildman–Crippen MR) is 56.7 cm³/mol. The normalized spacial score (nSPS) is 35.6. The summed E-state index contributed by atoms with van der Waals surface area (Å²) in [5, 5.41) is 0. The first kappa shape index (κ1) is 9.91. The van der Waals surface area contributed by atoms with E-state index in [0.717, 1.165) is 17.9 Å². The molecule has 3 rings (SSSR count). The SMILES string of the molecule is CC(N)C(=O)C1=CCC2CC1C2(C)C. The summed E-state index contributed by atoms with van der Waals surface area (Å²) in [6.07, 6.45) is 4.38. The van der Waals surface area contributed by atoms with E-state index in [9.17, 15) is 4.79 Å². The van der Waals surface area contributed by atoms with Crippen molar-refractivity contribution in [1.82, 2.24) is 0 Å². The lowest BCUT2D eigenvalue weighted by Crippen LogP contribution is -2.50. The second-order valence-electron chi connectivity index (χ2n) is 5.35. The summed E-state index contributed by atoms with van der Waals surface area (Å²) in [5.41, 5.74) is 6.98. The lowest BCUT2D eigenvalue weighted by molar-refractivity contribution is -0.120. The monoisotopic (exact) mass is 193 g/mol. The van der Waals surface area contributed by atoms with Crippen LogP contribution in [0.1, 0.15) is 33.6 Å². The summed E-state index contributed by atoms with van der Waals surface area (Å²) in [5.74, 6) is 1.41. The van der Waals surface area contributed by atoms with E-state index in [1.54, 1.807) is 6.92 Å². The van der Waals surface area contributed by atoms with Crippen LogP contribution in [0.4, 0.5) is 0 Å². The number of nitrogens with two attached hydrogens (primary N) is 1. The van der Waals surface area contributed by atoms with Gasteiger partial charge in [0.2, 0.25) is 0 Å². The molecule has 0 aromatic heterocycles. The summed E-state index contributed by atoms with van der Waals surface area (Å²) in [6, 6.07) is -0.339. The minimum absolute atomic E-state index is 0.154. The van der Waals surface area contributed by atoms with Crippen molar-refractivity contribution >= 4 is 5.78 Å². The molecule has 0 heterocycles. The molecule has 2 N–H and O–H groups in total. The second kappa shape index (κ2) is 2.93. The fraction of sp³-hybridized carbons (Fsp3) is 0.750. The van der Waals surface area contributed by atoms with Crippen LogP contribution in [0.5, 0.6) is 0 Å². The lowest BCUT2D eigenvalue weighted by Gasteiger charge is -2.56. The summed E-state index contributed by atoms with van der Waals surface area (Å²) in [7, 11) is 0. The number of carbonyl (C=O) groups excluding carboxylic acids is 1. The number of hydrogen-bond acceptors (Lipinski definition) is 2. The number of rotatable bonds is 2. The van der Waals surface area contributed by atoms with Gasteiger partial charge in [0.15, 0.2) is 5.78 Å². The molecule has 14 heavy (non-hydrogen) atoms. The molecule has 2 nitrogen and oxygen atoms in total. The highest BCUT2D eigenvalue weighted by molar-refractivity contribution is 6.00. The van der Waals surface area contributed by atoms with Crippen LogP contribution in [0.25, 0.3) is 0 Å². The van der Waals surface area contributed by atoms with E-state index in [2.05, 4.69) is 19.9 Å². The van der Waals surface area contributed by atoms with Crippen LogP contribution in [0, 0.1) is 17.3 Å². The first-order valence-electron chi connectivity index (χ1n) is 5.44. The average molecular weight is 193 g/mol. The number of allylic oxidation sites excluding steroid dienone is 1. The molecule has 2 heteroatoms. The Hall–Kier alpha value is -0.630. The molecule has 3 aliphatic carbocycles. The fourth-order valence-corrected chi connectivity index (χ4v) is 2.89. The molecule has 1 saturated carbocycles. The molecule has 3 atom stereocenters. The largest absolute Gasteiger partial charge is 0.321 e. The quantitative estimate of drug-likeness (QED) is 0.727. The van der Waals surface area contributed by atoms with Gasteiger partial charge in [-0.3, -0.25) is 4.79 Å². The van der Waals surface area contributed by atoms with Crippen LogP contribution in [0.15, 0.2) is 11.6 Å². The zero-order chi connectivity index (χ0) is 10.5. The highest BCUT2D eigenvalue weighted by atomic mass is 16.1. The van der Waals surface area contributed by atoms with Gasteiger partial charge in [-0.15, -0.1) is 0 Å². The molecule has 0 aromatic rings. The molecule has 3 unspecified atom stereocenters.